The molecule has 0 fully saturated rings. The SMILES string of the molecule is COc1cc(C)c(/C=C/C(=O)Nc2ccc(OCc3ccccc3)cc2)c(C)c1. The fraction of sp³-hybridized carbons (Fsp3) is 0.160. The minimum absolute atomic E-state index is 0.183. The van der Waals surface area contributed by atoms with Crippen molar-refractivity contribution >= 4 is 17.7 Å². The molecule has 0 saturated carbocycles. The summed E-state index contributed by atoms with van der Waals surface area (Å²) in [6.07, 6.45) is 3.37. The highest BCUT2D eigenvalue weighted by Crippen LogP contribution is 2.23. The summed E-state index contributed by atoms with van der Waals surface area (Å²) < 4.78 is 11.0. The lowest BCUT2D eigenvalue weighted by Crippen LogP contribution is -2.07. The molecule has 0 aromatic heterocycles. The summed E-state index contributed by atoms with van der Waals surface area (Å²) in [7, 11) is 1.65. The number of ether oxygens (including phenoxy) is 2. The highest BCUT2D eigenvalue weighted by Gasteiger charge is 2.04. The molecule has 0 spiro atoms. The van der Waals surface area contributed by atoms with Crippen LogP contribution < -0.4 is 14.8 Å². The van der Waals surface area contributed by atoms with E-state index in [0.29, 0.717) is 6.61 Å². The van der Waals surface area contributed by atoms with Crippen LogP contribution in [0.2, 0.25) is 0 Å². The molecule has 3 aromatic carbocycles. The molecule has 0 aliphatic heterocycles. The quantitative estimate of drug-likeness (QED) is 0.541. The summed E-state index contributed by atoms with van der Waals surface area (Å²) in [6.45, 7) is 4.51. The lowest BCUT2D eigenvalue weighted by Gasteiger charge is -2.09. The second kappa shape index (κ2) is 9.60. The molecule has 1 N–H and O–H groups in total. The molecule has 3 aromatic rings. The predicted molar refractivity (Wildman–Crippen MR) is 117 cm³/mol. The van der Waals surface area contributed by atoms with Gasteiger partial charge in [0.15, 0.2) is 0 Å². The Labute approximate surface area is 171 Å². The fourth-order valence-electron chi connectivity index (χ4n) is 3.03. The first-order chi connectivity index (χ1) is 14.0. The monoisotopic (exact) mass is 387 g/mol. The van der Waals surface area contributed by atoms with Gasteiger partial charge < -0.3 is 14.8 Å². The van der Waals surface area contributed by atoms with Gasteiger partial charge >= 0.3 is 0 Å². The van der Waals surface area contributed by atoms with Gasteiger partial charge in [-0.15, -0.1) is 0 Å². The van der Waals surface area contributed by atoms with Crippen molar-refractivity contribution < 1.29 is 14.3 Å². The van der Waals surface area contributed by atoms with Crippen LogP contribution in [0, 0.1) is 13.8 Å². The van der Waals surface area contributed by atoms with E-state index in [0.717, 1.165) is 39.4 Å². The second-order valence-corrected chi connectivity index (χ2v) is 6.80. The van der Waals surface area contributed by atoms with Gasteiger partial charge in [0.2, 0.25) is 5.91 Å². The van der Waals surface area contributed by atoms with Crippen LogP contribution in [0.15, 0.2) is 72.8 Å². The van der Waals surface area contributed by atoms with E-state index in [2.05, 4.69) is 5.32 Å². The molecule has 4 heteroatoms. The van der Waals surface area contributed by atoms with Crippen molar-refractivity contribution in [1.82, 2.24) is 0 Å². The summed E-state index contributed by atoms with van der Waals surface area (Å²) in [6, 6.07) is 21.3. The Hall–Kier alpha value is -3.53. The Morgan fingerprint density at radius 2 is 1.59 bits per heavy atom. The van der Waals surface area contributed by atoms with E-state index in [9.17, 15) is 4.79 Å². The van der Waals surface area contributed by atoms with Gasteiger partial charge in [0.05, 0.1) is 7.11 Å². The largest absolute Gasteiger partial charge is 0.497 e. The number of hydrogen-bond donors (Lipinski definition) is 1. The maximum absolute atomic E-state index is 12.3. The smallest absolute Gasteiger partial charge is 0.248 e. The van der Waals surface area contributed by atoms with E-state index in [-0.39, 0.29) is 5.91 Å². The van der Waals surface area contributed by atoms with Gasteiger partial charge in [-0.3, -0.25) is 4.79 Å². The number of benzene rings is 3. The van der Waals surface area contributed by atoms with Gasteiger partial charge in [-0.05, 0) is 78.6 Å². The number of nitrogens with one attached hydrogen (secondary N) is 1. The van der Waals surface area contributed by atoms with E-state index in [4.69, 9.17) is 9.47 Å². The molecule has 0 unspecified atom stereocenters. The van der Waals surface area contributed by atoms with Crippen molar-refractivity contribution in [2.45, 2.75) is 20.5 Å². The highest BCUT2D eigenvalue weighted by molar-refractivity contribution is 6.02. The summed E-state index contributed by atoms with van der Waals surface area (Å²) >= 11 is 0. The third-order valence-corrected chi connectivity index (χ3v) is 4.57. The van der Waals surface area contributed by atoms with Gasteiger partial charge in [-0.1, -0.05) is 30.3 Å². The molecular weight excluding hydrogens is 362 g/mol. The summed E-state index contributed by atoms with van der Waals surface area (Å²) in [4.78, 5) is 12.3. The predicted octanol–water partition coefficient (Wildman–Crippen LogP) is 5.54. The molecule has 0 heterocycles. The van der Waals surface area contributed by atoms with Crippen LogP contribution in [0.4, 0.5) is 5.69 Å². The molecule has 29 heavy (non-hydrogen) atoms. The summed E-state index contributed by atoms with van der Waals surface area (Å²) in [5.74, 6) is 1.39. The molecule has 3 rings (SSSR count). The van der Waals surface area contributed by atoms with Crippen molar-refractivity contribution in [3.8, 4) is 11.5 Å². The average Bonchev–Trinajstić information content (AvgIpc) is 2.73. The average molecular weight is 387 g/mol. The molecule has 148 valence electrons. The lowest BCUT2D eigenvalue weighted by atomic mass is 10.0. The number of hydrogen-bond acceptors (Lipinski definition) is 3. The zero-order valence-corrected chi connectivity index (χ0v) is 16.9. The van der Waals surface area contributed by atoms with Crippen molar-refractivity contribution in [2.75, 3.05) is 12.4 Å². The molecule has 0 saturated heterocycles. The molecule has 1 amide bonds. The third-order valence-electron chi connectivity index (χ3n) is 4.57. The first-order valence-corrected chi connectivity index (χ1v) is 9.46. The standard InChI is InChI=1S/C25H25NO3/c1-18-15-23(28-3)16-19(2)24(18)13-14-25(27)26-21-9-11-22(12-10-21)29-17-20-7-5-4-6-8-20/h4-16H,17H2,1-3H3,(H,26,27)/b14-13+. The number of rotatable bonds is 7. The van der Waals surface area contributed by atoms with Crippen molar-refractivity contribution in [3.63, 3.8) is 0 Å². The van der Waals surface area contributed by atoms with Crippen molar-refractivity contribution in [2.24, 2.45) is 0 Å². The van der Waals surface area contributed by atoms with Crippen LogP contribution in [0.1, 0.15) is 22.3 Å². The maximum Gasteiger partial charge on any atom is 0.248 e. The molecule has 0 radical (unpaired) electrons. The zero-order valence-electron chi connectivity index (χ0n) is 16.9. The van der Waals surface area contributed by atoms with Gasteiger partial charge in [0, 0.05) is 11.8 Å². The third kappa shape index (κ3) is 5.72. The van der Waals surface area contributed by atoms with Crippen LogP contribution in [0.5, 0.6) is 11.5 Å². The van der Waals surface area contributed by atoms with E-state index >= 15 is 0 Å². The van der Waals surface area contributed by atoms with Crippen LogP contribution in [-0.4, -0.2) is 13.0 Å². The lowest BCUT2D eigenvalue weighted by molar-refractivity contribution is -0.111. The molecule has 0 aliphatic carbocycles. The van der Waals surface area contributed by atoms with Crippen molar-refractivity contribution in [3.05, 3.63) is 95.1 Å². The van der Waals surface area contributed by atoms with Gasteiger partial charge in [-0.25, -0.2) is 0 Å². The topological polar surface area (TPSA) is 47.6 Å². The number of carbonyl (C=O) groups excluding carboxylic acids is 1. The number of amides is 1. The maximum atomic E-state index is 12.3. The van der Waals surface area contributed by atoms with Crippen LogP contribution in [0.25, 0.3) is 6.08 Å². The van der Waals surface area contributed by atoms with E-state index in [1.165, 1.54) is 0 Å². The Balaban J connectivity index is 1.57. The van der Waals surface area contributed by atoms with Crippen molar-refractivity contribution in [1.29, 1.82) is 0 Å². The number of aryl methyl sites for hydroxylation is 2. The fourth-order valence-corrected chi connectivity index (χ4v) is 3.03. The molecule has 0 bridgehead atoms. The number of anilines is 1. The van der Waals surface area contributed by atoms with E-state index in [1.807, 2.05) is 86.7 Å². The normalized spacial score (nSPS) is 10.7. The Bertz CT molecular complexity index is 969. The minimum atomic E-state index is -0.183. The summed E-state index contributed by atoms with van der Waals surface area (Å²) in [5.41, 5.74) is 4.97. The van der Waals surface area contributed by atoms with Crippen LogP contribution >= 0.6 is 0 Å². The molecule has 0 aliphatic rings. The Morgan fingerprint density at radius 1 is 0.931 bits per heavy atom. The number of carbonyl (C=O) groups is 1. The van der Waals surface area contributed by atoms with Crippen LogP contribution in [0.3, 0.4) is 0 Å². The molecule has 0 atom stereocenters. The molecule has 4 nitrogen and oxygen atoms in total. The first-order valence-electron chi connectivity index (χ1n) is 9.46. The first kappa shape index (κ1) is 20.2. The highest BCUT2D eigenvalue weighted by atomic mass is 16.5. The number of methoxy groups -OCH3 is 1. The van der Waals surface area contributed by atoms with E-state index in [1.54, 1.807) is 13.2 Å². The Morgan fingerprint density at radius 3 is 2.21 bits per heavy atom. The van der Waals surface area contributed by atoms with Gasteiger partial charge in [-0.2, -0.15) is 0 Å². The van der Waals surface area contributed by atoms with E-state index < -0.39 is 0 Å². The van der Waals surface area contributed by atoms with Gasteiger partial charge in [0.1, 0.15) is 18.1 Å². The second-order valence-electron chi connectivity index (χ2n) is 6.80. The minimum Gasteiger partial charge on any atom is -0.497 e. The molecular formula is C25H25NO3. The Kier molecular flexibility index (Phi) is 6.69. The summed E-state index contributed by atoms with van der Waals surface area (Å²) in [5, 5.41) is 2.87. The zero-order chi connectivity index (χ0) is 20.6. The van der Waals surface area contributed by atoms with Gasteiger partial charge in [0.25, 0.3) is 0 Å². The van der Waals surface area contributed by atoms with Crippen LogP contribution in [-0.2, 0) is 11.4 Å².